The Morgan fingerprint density at radius 3 is 2.55 bits per heavy atom. The van der Waals surface area contributed by atoms with Gasteiger partial charge in [0.05, 0.1) is 18.0 Å². The number of para-hydroxylation sites is 2. The van der Waals surface area contributed by atoms with E-state index in [1.54, 1.807) is 6.07 Å². The Morgan fingerprint density at radius 1 is 1.21 bits per heavy atom. The van der Waals surface area contributed by atoms with E-state index in [1.165, 1.54) is 6.42 Å². The lowest BCUT2D eigenvalue weighted by molar-refractivity contribution is 0.316. The highest BCUT2D eigenvalue weighted by Gasteiger charge is 2.22. The van der Waals surface area contributed by atoms with Crippen molar-refractivity contribution in [2.75, 3.05) is 56.5 Å². The van der Waals surface area contributed by atoms with Gasteiger partial charge < -0.3 is 20.2 Å². The van der Waals surface area contributed by atoms with Gasteiger partial charge >= 0.3 is 0 Å². The van der Waals surface area contributed by atoms with Crippen LogP contribution in [0.2, 0.25) is 0 Å². The van der Waals surface area contributed by atoms with Crippen LogP contribution in [-0.4, -0.2) is 75.9 Å². The Hall–Kier alpha value is -2.00. The number of phenolic OH excluding ortho intramolecular Hbond substituents is 1. The number of guanidine groups is 1. The molecular weight excluding hydrogens is 390 g/mol. The van der Waals surface area contributed by atoms with Gasteiger partial charge in [-0.2, -0.15) is 0 Å². The van der Waals surface area contributed by atoms with Crippen LogP contribution in [-0.2, 0) is 10.0 Å². The molecule has 0 aromatic heterocycles. The summed E-state index contributed by atoms with van der Waals surface area (Å²) in [5, 5.41) is 13.3. The number of hydrogen-bond donors (Lipinski definition) is 3. The Bertz CT molecular complexity index is 787. The van der Waals surface area contributed by atoms with E-state index in [0.29, 0.717) is 18.2 Å². The van der Waals surface area contributed by atoms with Gasteiger partial charge in [-0.3, -0.25) is 4.99 Å². The van der Waals surface area contributed by atoms with Crippen LogP contribution in [0.3, 0.4) is 0 Å². The molecular formula is C20H33N5O3S. The number of hydrogen-bond acceptors (Lipinski definition) is 5. The highest BCUT2D eigenvalue weighted by Crippen LogP contribution is 2.27. The summed E-state index contributed by atoms with van der Waals surface area (Å²) in [6.07, 6.45) is 3.45. The average molecular weight is 424 g/mol. The number of nitrogens with one attached hydrogen (secondary N) is 2. The molecule has 8 nitrogen and oxygen atoms in total. The molecule has 0 atom stereocenters. The predicted molar refractivity (Wildman–Crippen MR) is 117 cm³/mol. The molecule has 2 fully saturated rings. The van der Waals surface area contributed by atoms with Gasteiger partial charge in [0.25, 0.3) is 0 Å². The highest BCUT2D eigenvalue weighted by molar-refractivity contribution is 7.89. The van der Waals surface area contributed by atoms with E-state index in [9.17, 15) is 13.5 Å². The molecule has 3 rings (SSSR count). The van der Waals surface area contributed by atoms with Gasteiger partial charge in [-0.25, -0.2) is 13.1 Å². The Kier molecular flexibility index (Phi) is 7.60. The number of rotatable bonds is 8. The number of aromatic hydroxyl groups is 1. The fraction of sp³-hybridized carbons (Fsp3) is 0.650. The van der Waals surface area contributed by atoms with Gasteiger partial charge in [-0.15, -0.1) is 0 Å². The Labute approximate surface area is 174 Å². The minimum absolute atomic E-state index is 0.00642. The van der Waals surface area contributed by atoms with Crippen molar-refractivity contribution in [3.8, 4) is 5.75 Å². The standard InChI is InChI=1S/C20H33N5O3S/c1-2-21-20(22-10-15-29(27,28)23-16-17-6-5-7-17)25-13-11-24(12-14-25)18-8-3-4-9-19(18)26/h3-4,8-9,17,23,26H,2,5-7,10-16H2,1H3,(H,21,22). The number of piperazine rings is 1. The molecule has 1 saturated heterocycles. The molecule has 1 heterocycles. The first-order valence-corrected chi connectivity index (χ1v) is 12.2. The molecule has 1 aromatic rings. The molecule has 29 heavy (non-hydrogen) atoms. The molecule has 3 N–H and O–H groups in total. The molecule has 0 spiro atoms. The minimum Gasteiger partial charge on any atom is -0.506 e. The molecule has 1 saturated carbocycles. The van der Waals surface area contributed by atoms with Crippen molar-refractivity contribution in [1.29, 1.82) is 0 Å². The zero-order chi connectivity index (χ0) is 20.7. The van der Waals surface area contributed by atoms with Crippen molar-refractivity contribution in [3.63, 3.8) is 0 Å². The van der Waals surface area contributed by atoms with Crippen molar-refractivity contribution in [3.05, 3.63) is 24.3 Å². The summed E-state index contributed by atoms with van der Waals surface area (Å²) in [6, 6.07) is 7.37. The van der Waals surface area contributed by atoms with Crippen LogP contribution < -0.4 is 14.9 Å². The summed E-state index contributed by atoms with van der Waals surface area (Å²) < 4.78 is 27.1. The third-order valence-electron chi connectivity index (χ3n) is 5.57. The normalized spacial score (nSPS) is 18.6. The number of phenols is 1. The van der Waals surface area contributed by atoms with Crippen molar-refractivity contribution >= 4 is 21.7 Å². The van der Waals surface area contributed by atoms with Gasteiger partial charge in [0.2, 0.25) is 10.0 Å². The predicted octanol–water partition coefficient (Wildman–Crippen LogP) is 1.20. The smallest absolute Gasteiger partial charge is 0.213 e. The lowest BCUT2D eigenvalue weighted by Crippen LogP contribution is -2.52. The van der Waals surface area contributed by atoms with Crippen LogP contribution in [0.5, 0.6) is 5.75 Å². The molecule has 0 amide bonds. The zero-order valence-corrected chi connectivity index (χ0v) is 18.0. The summed E-state index contributed by atoms with van der Waals surface area (Å²) in [5.74, 6) is 1.55. The zero-order valence-electron chi connectivity index (χ0n) is 17.2. The molecule has 0 bridgehead atoms. The van der Waals surface area contributed by atoms with Gasteiger partial charge in [-0.05, 0) is 37.8 Å². The quantitative estimate of drug-likeness (QED) is 0.429. The number of aliphatic imine (C=N–C) groups is 1. The van der Waals surface area contributed by atoms with Crippen molar-refractivity contribution in [2.45, 2.75) is 26.2 Å². The van der Waals surface area contributed by atoms with E-state index in [1.807, 2.05) is 25.1 Å². The Balaban J connectivity index is 1.50. The molecule has 1 aliphatic carbocycles. The molecule has 1 aromatic carbocycles. The Morgan fingerprint density at radius 2 is 1.93 bits per heavy atom. The van der Waals surface area contributed by atoms with Crippen LogP contribution in [0.15, 0.2) is 29.3 Å². The highest BCUT2D eigenvalue weighted by atomic mass is 32.2. The van der Waals surface area contributed by atoms with Crippen molar-refractivity contribution < 1.29 is 13.5 Å². The van der Waals surface area contributed by atoms with E-state index in [4.69, 9.17) is 0 Å². The third kappa shape index (κ3) is 6.24. The van der Waals surface area contributed by atoms with Gasteiger partial charge in [0, 0.05) is 39.3 Å². The SMILES string of the molecule is CCNC(=NCCS(=O)(=O)NCC1CCC1)N1CCN(c2ccccc2O)CC1. The van der Waals surface area contributed by atoms with E-state index in [-0.39, 0.29) is 12.3 Å². The summed E-state index contributed by atoms with van der Waals surface area (Å²) in [5.41, 5.74) is 0.845. The molecule has 0 radical (unpaired) electrons. The van der Waals surface area contributed by atoms with E-state index >= 15 is 0 Å². The second kappa shape index (κ2) is 10.2. The fourth-order valence-corrected chi connectivity index (χ4v) is 4.57. The van der Waals surface area contributed by atoms with E-state index in [2.05, 4.69) is 24.8 Å². The number of anilines is 1. The van der Waals surface area contributed by atoms with E-state index in [0.717, 1.165) is 57.2 Å². The van der Waals surface area contributed by atoms with Crippen LogP contribution in [0.1, 0.15) is 26.2 Å². The third-order valence-corrected chi connectivity index (χ3v) is 6.90. The van der Waals surface area contributed by atoms with E-state index < -0.39 is 10.0 Å². The molecule has 1 aliphatic heterocycles. The first-order chi connectivity index (χ1) is 14.0. The monoisotopic (exact) mass is 423 g/mol. The summed E-state index contributed by atoms with van der Waals surface area (Å²) >= 11 is 0. The average Bonchev–Trinajstić information content (AvgIpc) is 2.66. The molecule has 0 unspecified atom stereocenters. The number of nitrogens with zero attached hydrogens (tertiary/aromatic N) is 3. The number of benzene rings is 1. The second-order valence-electron chi connectivity index (χ2n) is 7.66. The lowest BCUT2D eigenvalue weighted by atomic mass is 9.86. The molecule has 9 heteroatoms. The van der Waals surface area contributed by atoms with Crippen LogP contribution >= 0.6 is 0 Å². The van der Waals surface area contributed by atoms with Crippen molar-refractivity contribution in [2.24, 2.45) is 10.9 Å². The summed E-state index contributed by atoms with van der Waals surface area (Å²) in [4.78, 5) is 8.85. The van der Waals surface area contributed by atoms with Crippen molar-refractivity contribution in [1.82, 2.24) is 14.9 Å². The molecule has 2 aliphatic rings. The molecule has 162 valence electrons. The summed E-state index contributed by atoms with van der Waals surface area (Å²) in [7, 11) is -3.28. The van der Waals surface area contributed by atoms with Crippen LogP contribution in [0, 0.1) is 5.92 Å². The maximum Gasteiger partial charge on any atom is 0.213 e. The first kappa shape index (κ1) is 21.7. The van der Waals surface area contributed by atoms with Gasteiger partial charge in [0.1, 0.15) is 5.75 Å². The van der Waals surface area contributed by atoms with Crippen LogP contribution in [0.4, 0.5) is 5.69 Å². The van der Waals surface area contributed by atoms with Gasteiger partial charge in [0.15, 0.2) is 5.96 Å². The maximum atomic E-state index is 12.2. The lowest BCUT2D eigenvalue weighted by Gasteiger charge is -2.37. The largest absolute Gasteiger partial charge is 0.506 e. The first-order valence-electron chi connectivity index (χ1n) is 10.5. The second-order valence-corrected chi connectivity index (χ2v) is 9.59. The maximum absolute atomic E-state index is 12.2. The van der Waals surface area contributed by atoms with Gasteiger partial charge in [-0.1, -0.05) is 18.6 Å². The number of sulfonamides is 1. The topological polar surface area (TPSA) is 97.3 Å². The minimum atomic E-state index is -3.28. The fourth-order valence-electron chi connectivity index (χ4n) is 3.60. The summed E-state index contributed by atoms with van der Waals surface area (Å²) in [6.45, 7) is 6.57. The van der Waals surface area contributed by atoms with Crippen LogP contribution in [0.25, 0.3) is 0 Å².